The van der Waals surface area contributed by atoms with Crippen LogP contribution in [0.25, 0.3) is 0 Å². The fourth-order valence-electron chi connectivity index (χ4n) is 3.63. The summed E-state index contributed by atoms with van der Waals surface area (Å²) >= 11 is 0. The number of nitrogens with zero attached hydrogens (tertiary/aromatic N) is 2. The number of anilines is 2. The van der Waals surface area contributed by atoms with Crippen molar-refractivity contribution >= 4 is 17.3 Å². The Hall–Kier alpha value is -1.69. The Morgan fingerprint density at radius 2 is 2.00 bits per heavy atom. The van der Waals surface area contributed by atoms with E-state index in [1.54, 1.807) is 4.90 Å². The second-order valence-electron chi connectivity index (χ2n) is 6.72. The zero-order chi connectivity index (χ0) is 16.9. The molecule has 1 aromatic carbocycles. The van der Waals surface area contributed by atoms with Crippen molar-refractivity contribution in [1.82, 2.24) is 4.90 Å². The number of rotatable bonds is 5. The normalized spacial score (nSPS) is 22.1. The van der Waals surface area contributed by atoms with Crippen molar-refractivity contribution in [3.05, 3.63) is 24.3 Å². The largest absolute Gasteiger partial charge is 0.371 e. The van der Waals surface area contributed by atoms with Crippen molar-refractivity contribution in [2.24, 2.45) is 5.92 Å². The fraction of sp³-hybridized carbons (Fsp3) is 0.611. The Bertz CT molecular complexity index is 561. The van der Waals surface area contributed by atoms with Crippen molar-refractivity contribution < 1.29 is 13.6 Å². The number of likely N-dealkylation sites (tertiary alicyclic amines) is 1. The molecular weight excluding hydrogens is 312 g/mol. The van der Waals surface area contributed by atoms with E-state index in [4.69, 9.17) is 0 Å². The monoisotopic (exact) mass is 337 g/mol. The summed E-state index contributed by atoms with van der Waals surface area (Å²) in [6.07, 6.45) is 1.62. The van der Waals surface area contributed by atoms with Crippen LogP contribution in [0.3, 0.4) is 0 Å². The Balaban J connectivity index is 1.59. The summed E-state index contributed by atoms with van der Waals surface area (Å²) in [6.45, 7) is 2.94. The van der Waals surface area contributed by atoms with Gasteiger partial charge in [0.2, 0.25) is 5.91 Å². The number of carbonyl (C=O) groups is 1. The molecule has 0 aromatic heterocycles. The van der Waals surface area contributed by atoms with E-state index in [1.807, 2.05) is 18.2 Å². The van der Waals surface area contributed by atoms with E-state index >= 15 is 0 Å². The van der Waals surface area contributed by atoms with Crippen molar-refractivity contribution in [3.63, 3.8) is 0 Å². The highest BCUT2D eigenvalue weighted by molar-refractivity contribution is 5.93. The molecule has 2 aliphatic heterocycles. The third-order valence-corrected chi connectivity index (χ3v) is 4.86. The topological polar surface area (TPSA) is 35.6 Å². The van der Waals surface area contributed by atoms with Gasteiger partial charge in [-0.3, -0.25) is 9.69 Å². The van der Waals surface area contributed by atoms with E-state index in [0.29, 0.717) is 13.1 Å². The average molecular weight is 337 g/mol. The number of hydrogen-bond donors (Lipinski definition) is 1. The standard InChI is InChI=1S/C18H25F2N3O/c19-17(20)13-22-8-4-5-14(12-22)18(24)21-15-6-3-7-16(11-15)23-9-1-2-10-23/h3,6-7,11,14,17H,1-2,4-5,8-10,12-13H2,(H,21,24). The predicted molar refractivity (Wildman–Crippen MR) is 91.7 cm³/mol. The molecule has 2 saturated heterocycles. The van der Waals surface area contributed by atoms with Gasteiger partial charge in [0.15, 0.2) is 0 Å². The molecule has 0 saturated carbocycles. The van der Waals surface area contributed by atoms with E-state index in [9.17, 15) is 13.6 Å². The molecule has 4 nitrogen and oxygen atoms in total. The number of nitrogens with one attached hydrogen (secondary N) is 1. The lowest BCUT2D eigenvalue weighted by atomic mass is 9.97. The first-order valence-corrected chi connectivity index (χ1v) is 8.78. The summed E-state index contributed by atoms with van der Waals surface area (Å²) in [5, 5.41) is 2.97. The van der Waals surface area contributed by atoms with Crippen molar-refractivity contribution in [2.45, 2.75) is 32.1 Å². The van der Waals surface area contributed by atoms with Gasteiger partial charge in [0.1, 0.15) is 0 Å². The molecule has 0 radical (unpaired) electrons. The van der Waals surface area contributed by atoms with Crippen LogP contribution in [0.1, 0.15) is 25.7 Å². The molecular formula is C18H25F2N3O. The van der Waals surface area contributed by atoms with Gasteiger partial charge in [-0.15, -0.1) is 0 Å². The summed E-state index contributed by atoms with van der Waals surface area (Å²) in [5.41, 5.74) is 1.92. The fourth-order valence-corrected chi connectivity index (χ4v) is 3.63. The van der Waals surface area contributed by atoms with Gasteiger partial charge in [0, 0.05) is 31.0 Å². The minimum atomic E-state index is -2.34. The number of alkyl halides is 2. The highest BCUT2D eigenvalue weighted by Gasteiger charge is 2.27. The zero-order valence-electron chi connectivity index (χ0n) is 13.9. The van der Waals surface area contributed by atoms with E-state index in [2.05, 4.69) is 16.3 Å². The van der Waals surface area contributed by atoms with Crippen molar-refractivity contribution in [2.75, 3.05) is 42.9 Å². The molecule has 1 atom stereocenters. The second kappa shape index (κ2) is 7.92. The molecule has 2 heterocycles. The zero-order valence-corrected chi connectivity index (χ0v) is 13.9. The first-order chi connectivity index (χ1) is 11.6. The molecule has 2 fully saturated rings. The number of hydrogen-bond acceptors (Lipinski definition) is 3. The SMILES string of the molecule is O=C(Nc1cccc(N2CCCC2)c1)C1CCCN(CC(F)F)C1. The summed E-state index contributed by atoms with van der Waals surface area (Å²) in [7, 11) is 0. The first-order valence-electron chi connectivity index (χ1n) is 8.78. The van der Waals surface area contributed by atoms with Crippen LogP contribution in [0, 0.1) is 5.92 Å². The Morgan fingerprint density at radius 3 is 2.75 bits per heavy atom. The molecule has 0 spiro atoms. The molecule has 132 valence electrons. The van der Waals surface area contributed by atoms with E-state index in [1.165, 1.54) is 12.8 Å². The molecule has 0 bridgehead atoms. The predicted octanol–water partition coefficient (Wildman–Crippen LogP) is 3.20. The highest BCUT2D eigenvalue weighted by Crippen LogP contribution is 2.25. The Morgan fingerprint density at radius 1 is 1.21 bits per heavy atom. The van der Waals surface area contributed by atoms with Crippen molar-refractivity contribution in [3.8, 4) is 0 Å². The number of piperidine rings is 1. The van der Waals surface area contributed by atoms with Gasteiger partial charge < -0.3 is 10.2 Å². The maximum atomic E-state index is 12.5. The molecule has 0 aliphatic carbocycles. The Labute approximate surface area is 141 Å². The molecule has 1 aromatic rings. The van der Waals surface area contributed by atoms with Gasteiger partial charge in [-0.05, 0) is 50.4 Å². The first kappa shape index (κ1) is 17.1. The quantitative estimate of drug-likeness (QED) is 0.896. The smallest absolute Gasteiger partial charge is 0.251 e. The second-order valence-corrected chi connectivity index (χ2v) is 6.72. The van der Waals surface area contributed by atoms with Gasteiger partial charge in [0.25, 0.3) is 6.43 Å². The van der Waals surface area contributed by atoms with E-state index in [-0.39, 0.29) is 18.4 Å². The highest BCUT2D eigenvalue weighted by atomic mass is 19.3. The van der Waals surface area contributed by atoms with Gasteiger partial charge >= 0.3 is 0 Å². The van der Waals surface area contributed by atoms with E-state index < -0.39 is 6.43 Å². The molecule has 1 N–H and O–H groups in total. The average Bonchev–Trinajstić information content (AvgIpc) is 3.09. The third-order valence-electron chi connectivity index (χ3n) is 4.86. The molecule has 1 unspecified atom stereocenters. The summed E-state index contributed by atoms with van der Waals surface area (Å²) in [5.74, 6) is -0.277. The lowest BCUT2D eigenvalue weighted by molar-refractivity contribution is -0.121. The summed E-state index contributed by atoms with van der Waals surface area (Å²) in [4.78, 5) is 16.5. The molecule has 3 rings (SSSR count). The minimum absolute atomic E-state index is 0.0625. The number of benzene rings is 1. The number of amides is 1. The lowest BCUT2D eigenvalue weighted by Crippen LogP contribution is -2.42. The minimum Gasteiger partial charge on any atom is -0.371 e. The Kier molecular flexibility index (Phi) is 5.66. The number of halogens is 2. The van der Waals surface area contributed by atoms with Crippen molar-refractivity contribution in [1.29, 1.82) is 0 Å². The third kappa shape index (κ3) is 4.44. The maximum Gasteiger partial charge on any atom is 0.251 e. The molecule has 2 aliphatic rings. The van der Waals surface area contributed by atoms with Gasteiger partial charge in [-0.25, -0.2) is 8.78 Å². The molecule has 6 heteroatoms. The van der Waals surface area contributed by atoms with Crippen LogP contribution in [-0.4, -0.2) is 50.0 Å². The van der Waals surface area contributed by atoms with Gasteiger partial charge in [0.05, 0.1) is 12.5 Å². The summed E-state index contributed by atoms with van der Waals surface area (Å²) < 4.78 is 25.1. The number of carbonyl (C=O) groups excluding carboxylic acids is 1. The molecule has 1 amide bonds. The van der Waals surface area contributed by atoms with Crippen LogP contribution in [-0.2, 0) is 4.79 Å². The van der Waals surface area contributed by atoms with E-state index in [0.717, 1.165) is 37.3 Å². The van der Waals surface area contributed by atoms with Crippen LogP contribution in [0.5, 0.6) is 0 Å². The van der Waals surface area contributed by atoms with Crippen LogP contribution >= 0.6 is 0 Å². The van der Waals surface area contributed by atoms with Crippen LogP contribution in [0.2, 0.25) is 0 Å². The lowest BCUT2D eigenvalue weighted by Gasteiger charge is -2.31. The van der Waals surface area contributed by atoms with Gasteiger partial charge in [-0.2, -0.15) is 0 Å². The summed E-state index contributed by atoms with van der Waals surface area (Å²) in [6, 6.07) is 7.90. The van der Waals surface area contributed by atoms with Crippen LogP contribution < -0.4 is 10.2 Å². The maximum absolute atomic E-state index is 12.5. The van der Waals surface area contributed by atoms with Crippen LogP contribution in [0.4, 0.5) is 20.2 Å². The van der Waals surface area contributed by atoms with Crippen LogP contribution in [0.15, 0.2) is 24.3 Å². The molecule has 24 heavy (non-hydrogen) atoms. The van der Waals surface area contributed by atoms with Gasteiger partial charge in [-0.1, -0.05) is 6.07 Å².